The van der Waals surface area contributed by atoms with Crippen molar-refractivity contribution in [3.05, 3.63) is 35.9 Å². The second-order valence-corrected chi connectivity index (χ2v) is 4.78. The topological polar surface area (TPSA) is 52.9 Å². The van der Waals surface area contributed by atoms with Crippen molar-refractivity contribution in [2.75, 3.05) is 6.54 Å². The minimum absolute atomic E-state index is 0.0358. The molecular formula is C14H18N2O2. The highest BCUT2D eigenvalue weighted by Gasteiger charge is 2.34. The van der Waals surface area contributed by atoms with Gasteiger partial charge in [-0.15, -0.1) is 0 Å². The molecule has 4 heteroatoms. The zero-order valence-corrected chi connectivity index (χ0v) is 10.7. The van der Waals surface area contributed by atoms with E-state index >= 15 is 0 Å². The number of hydrogen-bond donors (Lipinski definition) is 1. The van der Waals surface area contributed by atoms with Crippen molar-refractivity contribution in [2.45, 2.75) is 26.3 Å². The summed E-state index contributed by atoms with van der Waals surface area (Å²) < 4.78 is 0. The highest BCUT2D eigenvalue weighted by atomic mass is 16.4. The molecule has 0 aromatic heterocycles. The number of amides is 1. The summed E-state index contributed by atoms with van der Waals surface area (Å²) in [5, 5.41) is 12.0. The number of benzene rings is 1. The number of likely N-dealkylation sites (tertiary alicyclic amines) is 1. The lowest BCUT2D eigenvalue weighted by Gasteiger charge is -2.25. The summed E-state index contributed by atoms with van der Waals surface area (Å²) in [6.45, 7) is 4.42. The van der Waals surface area contributed by atoms with Crippen molar-refractivity contribution in [3.8, 4) is 0 Å². The van der Waals surface area contributed by atoms with Gasteiger partial charge in [0, 0.05) is 18.9 Å². The second-order valence-electron chi connectivity index (χ2n) is 4.78. The first-order valence-corrected chi connectivity index (χ1v) is 6.16. The molecule has 0 aliphatic carbocycles. The molecule has 1 unspecified atom stereocenters. The van der Waals surface area contributed by atoms with Crippen molar-refractivity contribution in [1.29, 1.82) is 0 Å². The van der Waals surface area contributed by atoms with Crippen LogP contribution in [0, 0.1) is 5.92 Å². The molecule has 1 fully saturated rings. The molecule has 2 atom stereocenters. The van der Waals surface area contributed by atoms with Crippen LogP contribution in [0.4, 0.5) is 0 Å². The van der Waals surface area contributed by atoms with E-state index in [1.54, 1.807) is 6.92 Å². The number of carbonyl (C=O) groups excluding carboxylic acids is 1. The van der Waals surface area contributed by atoms with Gasteiger partial charge < -0.3 is 10.1 Å². The maximum atomic E-state index is 12.0. The van der Waals surface area contributed by atoms with Crippen LogP contribution in [-0.4, -0.2) is 28.3 Å². The normalized spacial score (nSPS) is 22.3. The van der Waals surface area contributed by atoms with Crippen molar-refractivity contribution in [3.63, 3.8) is 0 Å². The Labute approximate surface area is 107 Å². The van der Waals surface area contributed by atoms with E-state index in [4.69, 9.17) is 5.21 Å². The first-order chi connectivity index (χ1) is 8.63. The minimum Gasteiger partial charge on any atom is -0.411 e. The van der Waals surface area contributed by atoms with Crippen molar-refractivity contribution >= 4 is 11.6 Å². The van der Waals surface area contributed by atoms with Crippen LogP contribution in [-0.2, 0) is 4.79 Å². The Morgan fingerprint density at radius 2 is 2.11 bits per heavy atom. The molecule has 18 heavy (non-hydrogen) atoms. The van der Waals surface area contributed by atoms with E-state index in [0.717, 1.165) is 5.56 Å². The third-order valence-corrected chi connectivity index (χ3v) is 3.66. The maximum absolute atomic E-state index is 12.0. The molecular weight excluding hydrogens is 228 g/mol. The zero-order valence-electron chi connectivity index (χ0n) is 10.7. The first-order valence-electron chi connectivity index (χ1n) is 6.16. The standard InChI is InChI=1S/C14H18N2O2/c1-10(15-18)13-8-14(17)16(9-13)11(2)12-6-4-3-5-7-12/h3-7,11,13,18H,8-9H2,1-2H3/b15-10-/t11-,13?/m1/s1. The van der Waals surface area contributed by atoms with Gasteiger partial charge in [0.25, 0.3) is 0 Å². The van der Waals surface area contributed by atoms with E-state index in [0.29, 0.717) is 18.7 Å². The molecule has 1 aliphatic heterocycles. The predicted octanol–water partition coefficient (Wildman–Crippen LogP) is 2.45. The van der Waals surface area contributed by atoms with E-state index in [9.17, 15) is 4.79 Å². The van der Waals surface area contributed by atoms with E-state index in [-0.39, 0.29) is 17.9 Å². The summed E-state index contributed by atoms with van der Waals surface area (Å²) in [6, 6.07) is 10.0. The minimum atomic E-state index is 0.0358. The van der Waals surface area contributed by atoms with Gasteiger partial charge in [0.2, 0.25) is 5.91 Å². The van der Waals surface area contributed by atoms with Gasteiger partial charge in [-0.3, -0.25) is 4.79 Å². The Kier molecular flexibility index (Phi) is 3.65. The largest absolute Gasteiger partial charge is 0.411 e. The first kappa shape index (κ1) is 12.6. The van der Waals surface area contributed by atoms with Crippen molar-refractivity contribution in [2.24, 2.45) is 11.1 Å². The molecule has 0 spiro atoms. The lowest BCUT2D eigenvalue weighted by Crippen LogP contribution is -2.29. The van der Waals surface area contributed by atoms with Crippen LogP contribution in [0.5, 0.6) is 0 Å². The predicted molar refractivity (Wildman–Crippen MR) is 69.6 cm³/mol. The SMILES string of the molecule is C/C(=N/O)C1CC(=O)N([C@H](C)c2ccccc2)C1. The van der Waals surface area contributed by atoms with Crippen LogP contribution in [0.2, 0.25) is 0 Å². The summed E-state index contributed by atoms with van der Waals surface area (Å²) >= 11 is 0. The molecule has 1 amide bonds. The molecule has 0 saturated carbocycles. The van der Waals surface area contributed by atoms with Gasteiger partial charge in [0.15, 0.2) is 0 Å². The third-order valence-electron chi connectivity index (χ3n) is 3.66. The van der Waals surface area contributed by atoms with Gasteiger partial charge in [-0.1, -0.05) is 35.5 Å². The number of hydrogen-bond acceptors (Lipinski definition) is 3. The molecule has 0 bridgehead atoms. The molecule has 1 aromatic carbocycles. The van der Waals surface area contributed by atoms with Crippen LogP contribution in [0.25, 0.3) is 0 Å². The summed E-state index contributed by atoms with van der Waals surface area (Å²) in [7, 11) is 0. The average molecular weight is 246 g/mol. The monoisotopic (exact) mass is 246 g/mol. The zero-order chi connectivity index (χ0) is 13.1. The lowest BCUT2D eigenvalue weighted by molar-refractivity contribution is -0.129. The van der Waals surface area contributed by atoms with E-state index in [2.05, 4.69) is 5.16 Å². The highest BCUT2D eigenvalue weighted by molar-refractivity contribution is 5.92. The summed E-state index contributed by atoms with van der Waals surface area (Å²) in [6.07, 6.45) is 0.438. The molecule has 1 saturated heterocycles. The molecule has 4 nitrogen and oxygen atoms in total. The lowest BCUT2D eigenvalue weighted by atomic mass is 10.0. The smallest absolute Gasteiger partial charge is 0.223 e. The summed E-state index contributed by atoms with van der Waals surface area (Å²) in [5.74, 6) is 0.160. The van der Waals surface area contributed by atoms with Gasteiger partial charge >= 0.3 is 0 Å². The number of rotatable bonds is 3. The molecule has 0 radical (unpaired) electrons. The van der Waals surface area contributed by atoms with Crippen LogP contribution in [0.3, 0.4) is 0 Å². The van der Waals surface area contributed by atoms with Crippen LogP contribution in [0.15, 0.2) is 35.5 Å². The Balaban J connectivity index is 2.13. The number of carbonyl (C=O) groups is 1. The van der Waals surface area contributed by atoms with E-state index in [1.165, 1.54) is 0 Å². The Morgan fingerprint density at radius 1 is 1.44 bits per heavy atom. The number of oxime groups is 1. The van der Waals surface area contributed by atoms with Gasteiger partial charge in [0.1, 0.15) is 0 Å². The van der Waals surface area contributed by atoms with Crippen LogP contribution >= 0.6 is 0 Å². The van der Waals surface area contributed by atoms with Gasteiger partial charge in [-0.25, -0.2) is 0 Å². The fourth-order valence-electron chi connectivity index (χ4n) is 2.38. The number of nitrogens with zero attached hydrogens (tertiary/aromatic N) is 2. The van der Waals surface area contributed by atoms with Gasteiger partial charge in [0.05, 0.1) is 11.8 Å². The fourth-order valence-corrected chi connectivity index (χ4v) is 2.38. The second kappa shape index (κ2) is 5.21. The molecule has 96 valence electrons. The molecule has 1 heterocycles. The van der Waals surface area contributed by atoms with E-state index in [1.807, 2.05) is 42.2 Å². The summed E-state index contributed by atoms with van der Waals surface area (Å²) in [5.41, 5.74) is 1.76. The summed E-state index contributed by atoms with van der Waals surface area (Å²) in [4.78, 5) is 13.9. The Hall–Kier alpha value is -1.84. The van der Waals surface area contributed by atoms with Crippen LogP contribution in [0.1, 0.15) is 31.9 Å². The maximum Gasteiger partial charge on any atom is 0.223 e. The molecule has 1 aromatic rings. The fraction of sp³-hybridized carbons (Fsp3) is 0.429. The molecule has 1 N–H and O–H groups in total. The quantitative estimate of drug-likeness (QED) is 0.506. The van der Waals surface area contributed by atoms with Gasteiger partial charge in [-0.05, 0) is 19.4 Å². The Bertz CT molecular complexity index is 456. The average Bonchev–Trinajstić information content (AvgIpc) is 2.80. The van der Waals surface area contributed by atoms with Crippen LogP contribution < -0.4 is 0 Å². The Morgan fingerprint density at radius 3 is 2.72 bits per heavy atom. The van der Waals surface area contributed by atoms with Crippen molar-refractivity contribution < 1.29 is 10.0 Å². The molecule has 2 rings (SSSR count). The van der Waals surface area contributed by atoms with E-state index < -0.39 is 0 Å². The van der Waals surface area contributed by atoms with Crippen molar-refractivity contribution in [1.82, 2.24) is 4.90 Å². The molecule has 1 aliphatic rings. The van der Waals surface area contributed by atoms with Gasteiger partial charge in [-0.2, -0.15) is 0 Å². The third kappa shape index (κ3) is 2.37. The highest BCUT2D eigenvalue weighted by Crippen LogP contribution is 2.28.